The minimum absolute atomic E-state index is 0.0440. The molecule has 2 saturated heterocycles. The zero-order valence-electron chi connectivity index (χ0n) is 19.8. The maximum absolute atomic E-state index is 13.7. The third-order valence-corrected chi connectivity index (χ3v) is 6.63. The number of ether oxygens (including phenoxy) is 3. The van der Waals surface area contributed by atoms with E-state index in [1.54, 1.807) is 0 Å². The highest BCUT2D eigenvalue weighted by atomic mass is 19.1. The van der Waals surface area contributed by atoms with Crippen LogP contribution >= 0.6 is 0 Å². The first-order valence-corrected chi connectivity index (χ1v) is 11.6. The van der Waals surface area contributed by atoms with Gasteiger partial charge in [0.05, 0.1) is 19.3 Å². The molecule has 0 saturated carbocycles. The maximum atomic E-state index is 13.7. The Hall–Kier alpha value is -3.85. The first-order valence-electron chi connectivity index (χ1n) is 11.6. The van der Waals surface area contributed by atoms with Gasteiger partial charge >= 0.3 is 12.1 Å². The lowest BCUT2D eigenvalue weighted by Crippen LogP contribution is -2.34. The van der Waals surface area contributed by atoms with E-state index in [0.29, 0.717) is 0 Å². The lowest BCUT2D eigenvalue weighted by atomic mass is 10.1. The molecule has 0 amide bonds. The van der Waals surface area contributed by atoms with Gasteiger partial charge in [-0.25, -0.2) is 9.97 Å². The molecule has 39 heavy (non-hydrogen) atoms. The molecule has 0 spiro atoms. The van der Waals surface area contributed by atoms with Crippen LogP contribution in [0.25, 0.3) is 22.3 Å². The Morgan fingerprint density at radius 1 is 0.795 bits per heavy atom. The van der Waals surface area contributed by atoms with Gasteiger partial charge < -0.3 is 51.2 Å². The summed E-state index contributed by atoms with van der Waals surface area (Å²) in [6.07, 6.45) is -8.73. The van der Waals surface area contributed by atoms with E-state index < -0.39 is 61.8 Å². The maximum Gasteiger partial charge on any atom is 0.320 e. The number of imidazole rings is 2. The topological polar surface area (TPSA) is 268 Å². The molecule has 0 radical (unpaired) electrons. The van der Waals surface area contributed by atoms with Crippen LogP contribution in [0.15, 0.2) is 12.7 Å². The predicted octanol–water partition coefficient (Wildman–Crippen LogP) is -3.42. The van der Waals surface area contributed by atoms with Gasteiger partial charge in [0.1, 0.15) is 43.2 Å². The molecule has 0 bridgehead atoms. The van der Waals surface area contributed by atoms with Gasteiger partial charge in [-0.1, -0.05) is 0 Å². The zero-order valence-corrected chi connectivity index (χ0v) is 19.8. The number of fused-ring (bicyclic) bond motifs is 2. The van der Waals surface area contributed by atoms with Crippen LogP contribution in [0.4, 0.5) is 16.0 Å². The van der Waals surface area contributed by atoms with Crippen molar-refractivity contribution < 1.29 is 44.1 Å². The number of aromatic nitrogens is 8. The summed E-state index contributed by atoms with van der Waals surface area (Å²) in [7, 11) is 0. The van der Waals surface area contributed by atoms with Gasteiger partial charge in [-0.2, -0.15) is 24.3 Å². The molecule has 6 rings (SSSR count). The quantitative estimate of drug-likeness (QED) is 0.115. The summed E-state index contributed by atoms with van der Waals surface area (Å²) in [6.45, 7) is -0.868. The van der Waals surface area contributed by atoms with Crippen molar-refractivity contribution in [1.82, 2.24) is 39.0 Å². The summed E-state index contributed by atoms with van der Waals surface area (Å²) >= 11 is 0. The SMILES string of the molecule is Nc1nc(F)nc2c1ncn2[C@@H]1O[C@H](COc2nc(N)c3ncn([C@@H]4O[C@H](CO)C(O)[C@H]4O)c3n2)C(O)[C@H]1O. The number of aliphatic hydroxyl groups is 5. The minimum Gasteiger partial charge on any atom is -0.460 e. The number of halogens is 1. The molecule has 2 aliphatic heterocycles. The van der Waals surface area contributed by atoms with E-state index in [4.69, 9.17) is 25.7 Å². The van der Waals surface area contributed by atoms with Crippen LogP contribution in [0.5, 0.6) is 6.01 Å². The molecule has 0 aromatic carbocycles. The highest BCUT2D eigenvalue weighted by molar-refractivity contribution is 5.82. The zero-order chi connectivity index (χ0) is 27.6. The van der Waals surface area contributed by atoms with E-state index in [0.717, 1.165) is 0 Å². The van der Waals surface area contributed by atoms with Gasteiger partial charge in [0.15, 0.2) is 46.4 Å². The van der Waals surface area contributed by atoms with Gasteiger partial charge in [0.2, 0.25) is 0 Å². The molecule has 208 valence electrons. The largest absolute Gasteiger partial charge is 0.460 e. The summed E-state index contributed by atoms with van der Waals surface area (Å²) in [4.78, 5) is 23.5. The fourth-order valence-corrected chi connectivity index (χ4v) is 4.63. The molecule has 2 unspecified atom stereocenters. The van der Waals surface area contributed by atoms with Gasteiger partial charge in [-0.3, -0.25) is 9.13 Å². The summed E-state index contributed by atoms with van der Waals surface area (Å²) in [5.74, 6) is -0.277. The summed E-state index contributed by atoms with van der Waals surface area (Å²) in [5.41, 5.74) is 12.0. The number of anilines is 2. The molecule has 8 atom stereocenters. The third kappa shape index (κ3) is 4.07. The van der Waals surface area contributed by atoms with Crippen molar-refractivity contribution in [3.05, 3.63) is 18.7 Å². The smallest absolute Gasteiger partial charge is 0.320 e. The average Bonchev–Trinajstić information content (AvgIpc) is 3.65. The van der Waals surface area contributed by atoms with Crippen LogP contribution in [0.2, 0.25) is 0 Å². The lowest BCUT2D eigenvalue weighted by molar-refractivity contribution is -0.0514. The molecule has 19 heteroatoms. The third-order valence-electron chi connectivity index (χ3n) is 6.63. The van der Waals surface area contributed by atoms with E-state index in [2.05, 4.69) is 29.9 Å². The molecular formula is C20H23FN10O8. The first kappa shape index (κ1) is 25.4. The fourth-order valence-electron chi connectivity index (χ4n) is 4.63. The highest BCUT2D eigenvalue weighted by Crippen LogP contribution is 2.34. The van der Waals surface area contributed by atoms with Crippen molar-refractivity contribution in [3.8, 4) is 6.01 Å². The monoisotopic (exact) mass is 550 g/mol. The van der Waals surface area contributed by atoms with Crippen molar-refractivity contribution >= 4 is 34.0 Å². The number of hydrogen-bond acceptors (Lipinski definition) is 16. The number of nitrogens with zero attached hydrogens (tertiary/aromatic N) is 8. The van der Waals surface area contributed by atoms with Crippen molar-refractivity contribution in [2.45, 2.75) is 49.1 Å². The Morgan fingerprint density at radius 3 is 1.92 bits per heavy atom. The van der Waals surface area contributed by atoms with Crippen molar-refractivity contribution in [2.75, 3.05) is 24.7 Å². The Kier molecular flexibility index (Phi) is 6.14. The number of nitrogens with two attached hydrogens (primary N) is 2. The highest BCUT2D eigenvalue weighted by Gasteiger charge is 2.46. The second-order valence-corrected chi connectivity index (χ2v) is 9.00. The molecule has 2 aliphatic rings. The number of aliphatic hydroxyl groups excluding tert-OH is 5. The van der Waals surface area contributed by atoms with E-state index >= 15 is 0 Å². The molecule has 0 aliphatic carbocycles. The summed E-state index contributed by atoms with van der Waals surface area (Å²) < 4.78 is 33.2. The molecule has 4 aromatic rings. The van der Waals surface area contributed by atoms with Crippen LogP contribution in [-0.4, -0.2) is 114 Å². The van der Waals surface area contributed by atoms with Crippen molar-refractivity contribution in [1.29, 1.82) is 0 Å². The summed E-state index contributed by atoms with van der Waals surface area (Å²) in [5, 5.41) is 51.0. The van der Waals surface area contributed by atoms with Gasteiger partial charge in [-0.15, -0.1) is 0 Å². The van der Waals surface area contributed by atoms with Gasteiger partial charge in [-0.05, 0) is 0 Å². The van der Waals surface area contributed by atoms with E-state index in [1.807, 2.05) is 0 Å². The van der Waals surface area contributed by atoms with Gasteiger partial charge in [0.25, 0.3) is 0 Å². The number of hydrogen-bond donors (Lipinski definition) is 7. The normalized spacial score (nSPS) is 31.0. The Labute approximate surface area is 216 Å². The number of rotatable bonds is 6. The number of nitrogen functional groups attached to an aromatic ring is 2. The van der Waals surface area contributed by atoms with E-state index in [-0.39, 0.29) is 46.6 Å². The van der Waals surface area contributed by atoms with Crippen molar-refractivity contribution in [2.24, 2.45) is 0 Å². The Bertz CT molecular complexity index is 1540. The van der Waals surface area contributed by atoms with Crippen molar-refractivity contribution in [3.63, 3.8) is 0 Å². The van der Waals surface area contributed by atoms with Crippen LogP contribution in [0.3, 0.4) is 0 Å². The second kappa shape index (κ2) is 9.41. The average molecular weight is 550 g/mol. The van der Waals surface area contributed by atoms with Gasteiger partial charge in [0, 0.05) is 0 Å². The van der Waals surface area contributed by atoms with Crippen LogP contribution in [-0.2, 0) is 9.47 Å². The molecular weight excluding hydrogens is 527 g/mol. The second-order valence-electron chi connectivity index (χ2n) is 9.00. The Balaban J connectivity index is 1.22. The lowest BCUT2D eigenvalue weighted by Gasteiger charge is -2.17. The van der Waals surface area contributed by atoms with E-state index in [1.165, 1.54) is 21.8 Å². The fraction of sp³-hybridized carbons (Fsp3) is 0.500. The van der Waals surface area contributed by atoms with Crippen LogP contribution < -0.4 is 16.2 Å². The van der Waals surface area contributed by atoms with Crippen LogP contribution in [0, 0.1) is 6.08 Å². The molecule has 18 nitrogen and oxygen atoms in total. The molecule has 6 heterocycles. The standard InChI is InChI=1S/C20H23FN10O8/c21-19-26-13(22)7-15(28-19)30(3-24-7)18-12(36)10(34)6(39-18)2-37-20-27-14(23)8-16(29-20)31(4-25-8)17-11(35)9(33)5(1-32)38-17/h3-6,9-12,17-18,32-36H,1-2H2,(H2,22,26,28)(H2,23,27,29)/t5-,6-,9?,10?,11-,12-,17-,18-/m1/s1. The summed E-state index contributed by atoms with van der Waals surface area (Å²) in [6, 6.07) is -0.252. The first-order chi connectivity index (χ1) is 18.7. The van der Waals surface area contributed by atoms with Crippen LogP contribution in [0.1, 0.15) is 12.5 Å². The predicted molar refractivity (Wildman–Crippen MR) is 124 cm³/mol. The molecule has 4 aromatic heterocycles. The molecule has 9 N–H and O–H groups in total. The molecule has 2 fully saturated rings. The van der Waals surface area contributed by atoms with E-state index in [9.17, 15) is 29.9 Å². The Morgan fingerprint density at radius 2 is 1.33 bits per heavy atom. The minimum atomic E-state index is -1.47.